The van der Waals surface area contributed by atoms with Crippen molar-refractivity contribution in [1.29, 1.82) is 0 Å². The number of aromatic nitrogens is 1. The van der Waals surface area contributed by atoms with E-state index in [9.17, 15) is 4.39 Å². The van der Waals surface area contributed by atoms with Crippen molar-refractivity contribution in [2.45, 2.75) is 39.5 Å². The Labute approximate surface area is 149 Å². The summed E-state index contributed by atoms with van der Waals surface area (Å²) in [5, 5.41) is 0. The van der Waals surface area contributed by atoms with Crippen molar-refractivity contribution in [3.8, 4) is 22.4 Å². The largest absolute Gasteiger partial charge is 0.221 e. The second kappa shape index (κ2) is 8.06. The minimum Gasteiger partial charge on any atom is -0.219 e. The minimum absolute atomic E-state index is 0.420. The Morgan fingerprint density at radius 3 is 2.12 bits per heavy atom. The Kier molecular flexibility index (Phi) is 5.60. The molecular formula is C23H24FN. The molecule has 0 N–H and O–H groups in total. The number of hydrogen-bond acceptors (Lipinski definition) is 1. The maximum atomic E-state index is 14.5. The average molecular weight is 333 g/mol. The number of halogens is 1. The molecule has 0 unspecified atom stereocenters. The molecule has 0 saturated carbocycles. The van der Waals surface area contributed by atoms with Crippen molar-refractivity contribution < 1.29 is 4.39 Å². The Morgan fingerprint density at radius 2 is 1.48 bits per heavy atom. The van der Waals surface area contributed by atoms with E-state index in [1.54, 1.807) is 0 Å². The van der Waals surface area contributed by atoms with Crippen molar-refractivity contribution in [2.24, 2.45) is 0 Å². The molecule has 0 aliphatic heterocycles. The zero-order valence-corrected chi connectivity index (χ0v) is 14.9. The molecule has 0 radical (unpaired) electrons. The number of rotatable bonds is 6. The van der Waals surface area contributed by atoms with Crippen LogP contribution in [0.1, 0.15) is 37.3 Å². The van der Waals surface area contributed by atoms with E-state index in [1.807, 2.05) is 55.5 Å². The highest BCUT2D eigenvalue weighted by Crippen LogP contribution is 2.26. The van der Waals surface area contributed by atoms with Gasteiger partial charge in [-0.1, -0.05) is 73.9 Å². The molecule has 25 heavy (non-hydrogen) atoms. The molecule has 0 amide bonds. The molecular weight excluding hydrogens is 309 g/mol. The van der Waals surface area contributed by atoms with Crippen LogP contribution < -0.4 is 0 Å². The summed E-state index contributed by atoms with van der Waals surface area (Å²) >= 11 is 0. The lowest BCUT2D eigenvalue weighted by atomic mass is 10.0. The van der Waals surface area contributed by atoms with Crippen molar-refractivity contribution in [3.05, 3.63) is 77.7 Å². The molecule has 2 heteroatoms. The third-order valence-electron chi connectivity index (χ3n) is 4.53. The Hall–Kier alpha value is -2.48. The molecule has 0 spiro atoms. The van der Waals surface area contributed by atoms with Crippen LogP contribution in [0.5, 0.6) is 0 Å². The topological polar surface area (TPSA) is 12.9 Å². The fourth-order valence-corrected chi connectivity index (χ4v) is 2.96. The summed E-state index contributed by atoms with van der Waals surface area (Å²) in [5.74, 6) is -0.420. The van der Waals surface area contributed by atoms with Crippen molar-refractivity contribution >= 4 is 0 Å². The minimum atomic E-state index is -0.420. The van der Waals surface area contributed by atoms with Crippen LogP contribution in [-0.2, 0) is 6.42 Å². The number of unbranched alkanes of at least 4 members (excludes halogenated alkanes) is 2. The second-order valence-corrected chi connectivity index (χ2v) is 6.55. The predicted molar refractivity (Wildman–Crippen MR) is 103 cm³/mol. The third kappa shape index (κ3) is 4.33. The van der Waals surface area contributed by atoms with Crippen molar-refractivity contribution in [3.63, 3.8) is 0 Å². The van der Waals surface area contributed by atoms with E-state index in [1.165, 1.54) is 30.4 Å². The molecule has 1 aromatic heterocycles. The van der Waals surface area contributed by atoms with Gasteiger partial charge in [0.15, 0.2) is 0 Å². The van der Waals surface area contributed by atoms with Crippen molar-refractivity contribution in [1.82, 2.24) is 4.98 Å². The van der Waals surface area contributed by atoms with Gasteiger partial charge in [0, 0.05) is 11.1 Å². The van der Waals surface area contributed by atoms with Gasteiger partial charge in [-0.2, -0.15) is 4.39 Å². The number of pyridine rings is 1. The first-order valence-electron chi connectivity index (χ1n) is 9.00. The molecule has 0 aliphatic rings. The molecule has 0 bridgehead atoms. The summed E-state index contributed by atoms with van der Waals surface area (Å²) in [7, 11) is 0. The fraction of sp³-hybridized carbons (Fsp3) is 0.261. The second-order valence-electron chi connectivity index (χ2n) is 6.55. The van der Waals surface area contributed by atoms with Gasteiger partial charge in [-0.15, -0.1) is 0 Å². The quantitative estimate of drug-likeness (QED) is 0.366. The summed E-state index contributed by atoms with van der Waals surface area (Å²) in [5.41, 5.74) is 5.51. The first-order chi connectivity index (χ1) is 12.2. The van der Waals surface area contributed by atoms with Crippen LogP contribution in [0.4, 0.5) is 4.39 Å². The van der Waals surface area contributed by atoms with E-state index in [-0.39, 0.29) is 0 Å². The van der Waals surface area contributed by atoms with Crippen molar-refractivity contribution in [2.75, 3.05) is 0 Å². The maximum Gasteiger partial charge on any atom is 0.221 e. The fourth-order valence-electron chi connectivity index (χ4n) is 2.96. The van der Waals surface area contributed by atoms with Gasteiger partial charge in [0.05, 0.1) is 5.69 Å². The highest BCUT2D eigenvalue weighted by atomic mass is 19.1. The van der Waals surface area contributed by atoms with Crippen LogP contribution in [0.15, 0.2) is 60.7 Å². The van der Waals surface area contributed by atoms with Crippen LogP contribution in [-0.4, -0.2) is 4.98 Å². The Balaban J connectivity index is 1.79. The molecule has 0 atom stereocenters. The lowest BCUT2D eigenvalue weighted by molar-refractivity contribution is 0.589. The van der Waals surface area contributed by atoms with Crippen LogP contribution in [0.3, 0.4) is 0 Å². The van der Waals surface area contributed by atoms with Gasteiger partial charge < -0.3 is 0 Å². The van der Waals surface area contributed by atoms with E-state index in [2.05, 4.69) is 24.0 Å². The first-order valence-corrected chi connectivity index (χ1v) is 9.00. The first kappa shape index (κ1) is 17.3. The van der Waals surface area contributed by atoms with Gasteiger partial charge in [-0.05, 0) is 43.0 Å². The zero-order valence-electron chi connectivity index (χ0n) is 14.9. The number of nitrogens with zero attached hydrogens (tertiary/aromatic N) is 1. The molecule has 3 aromatic rings. The molecule has 3 rings (SSSR count). The summed E-state index contributed by atoms with van der Waals surface area (Å²) < 4.78 is 14.5. The Morgan fingerprint density at radius 1 is 0.800 bits per heavy atom. The van der Waals surface area contributed by atoms with Gasteiger partial charge >= 0.3 is 0 Å². The summed E-state index contributed by atoms with van der Waals surface area (Å²) in [6.45, 7) is 4.24. The zero-order chi connectivity index (χ0) is 17.6. The van der Waals surface area contributed by atoms with E-state index in [0.717, 1.165) is 17.5 Å². The molecule has 0 aliphatic carbocycles. The van der Waals surface area contributed by atoms with E-state index in [0.29, 0.717) is 11.3 Å². The van der Waals surface area contributed by atoms with Gasteiger partial charge in [-0.3, -0.25) is 0 Å². The average Bonchev–Trinajstić information content (AvgIpc) is 2.63. The van der Waals surface area contributed by atoms with Gasteiger partial charge in [0.1, 0.15) is 0 Å². The third-order valence-corrected chi connectivity index (χ3v) is 4.53. The highest BCUT2D eigenvalue weighted by molar-refractivity contribution is 5.67. The predicted octanol–water partition coefficient (Wildman–Crippen LogP) is 6.60. The van der Waals surface area contributed by atoms with Crippen LogP contribution in [0, 0.1) is 12.9 Å². The summed E-state index contributed by atoms with van der Waals surface area (Å²) in [4.78, 5) is 4.17. The normalized spacial score (nSPS) is 10.8. The number of benzene rings is 2. The molecule has 1 nitrogen and oxygen atoms in total. The molecule has 128 valence electrons. The lowest BCUT2D eigenvalue weighted by Gasteiger charge is -2.08. The van der Waals surface area contributed by atoms with E-state index < -0.39 is 5.95 Å². The van der Waals surface area contributed by atoms with Crippen LogP contribution >= 0.6 is 0 Å². The summed E-state index contributed by atoms with van der Waals surface area (Å²) in [6.07, 6.45) is 4.77. The number of hydrogen-bond donors (Lipinski definition) is 0. The van der Waals surface area contributed by atoms with Gasteiger partial charge in [0.25, 0.3) is 0 Å². The van der Waals surface area contributed by atoms with E-state index in [4.69, 9.17) is 0 Å². The maximum absolute atomic E-state index is 14.5. The molecule has 1 heterocycles. The lowest BCUT2D eigenvalue weighted by Crippen LogP contribution is -1.93. The smallest absolute Gasteiger partial charge is 0.219 e. The molecule has 2 aromatic carbocycles. The number of aryl methyl sites for hydroxylation is 2. The molecule has 0 saturated heterocycles. The standard InChI is InChI=1S/C23H24FN/c1-3-4-5-6-18-9-13-19(14-10-18)21-15-16-22(25-23(21)24)20-11-7-17(2)8-12-20/h7-16H,3-6H2,1-2H3. The highest BCUT2D eigenvalue weighted by Gasteiger charge is 2.09. The van der Waals surface area contributed by atoms with Gasteiger partial charge in [-0.25, -0.2) is 4.98 Å². The molecule has 0 fully saturated rings. The van der Waals surface area contributed by atoms with Crippen LogP contribution in [0.2, 0.25) is 0 Å². The van der Waals surface area contributed by atoms with Crippen LogP contribution in [0.25, 0.3) is 22.4 Å². The SMILES string of the molecule is CCCCCc1ccc(-c2ccc(-c3ccc(C)cc3)nc2F)cc1. The van der Waals surface area contributed by atoms with E-state index >= 15 is 0 Å². The monoisotopic (exact) mass is 333 g/mol. The van der Waals surface area contributed by atoms with Gasteiger partial charge in [0.2, 0.25) is 5.95 Å². The summed E-state index contributed by atoms with van der Waals surface area (Å²) in [6, 6.07) is 19.9. The Bertz CT molecular complexity index is 820.